The molecule has 1 aromatic carbocycles. The second-order valence-electron chi connectivity index (χ2n) is 5.17. The van der Waals surface area contributed by atoms with Gasteiger partial charge in [-0.05, 0) is 43.9 Å². The molecule has 1 aliphatic rings. The highest BCUT2D eigenvalue weighted by molar-refractivity contribution is 5.95. The van der Waals surface area contributed by atoms with Gasteiger partial charge in [0.1, 0.15) is 6.54 Å². The van der Waals surface area contributed by atoms with Gasteiger partial charge in [0, 0.05) is 18.7 Å². The van der Waals surface area contributed by atoms with Gasteiger partial charge in [-0.3, -0.25) is 9.59 Å². The largest absolute Gasteiger partial charge is 0.331 e. The molecule has 0 saturated heterocycles. The number of hydrogen-bond donors (Lipinski definition) is 1. The van der Waals surface area contributed by atoms with Gasteiger partial charge in [0.05, 0.1) is 0 Å². The summed E-state index contributed by atoms with van der Waals surface area (Å²) in [6, 6.07) is 6.08. The quantitative estimate of drug-likeness (QED) is 0.902. The average Bonchev–Trinajstić information content (AvgIpc) is 3.16. The third-order valence-electron chi connectivity index (χ3n) is 3.58. The standard InChI is InChI=1S/C15H20N2O2/c1-10-5-4-6-14(11(10)2)16-15(19)9-17(12(3)18)13-7-8-13/h4-6,13H,7-9H2,1-3H3,(H,16,19). The first-order chi connectivity index (χ1) is 8.99. The highest BCUT2D eigenvalue weighted by Gasteiger charge is 2.32. The van der Waals surface area contributed by atoms with Gasteiger partial charge < -0.3 is 10.2 Å². The molecule has 1 aliphatic carbocycles. The SMILES string of the molecule is CC(=O)N(CC(=O)Nc1cccc(C)c1C)C1CC1. The summed E-state index contributed by atoms with van der Waals surface area (Å²) in [7, 11) is 0. The molecule has 0 bridgehead atoms. The Morgan fingerprint density at radius 3 is 2.58 bits per heavy atom. The molecule has 4 heteroatoms. The Labute approximate surface area is 113 Å². The number of carbonyl (C=O) groups excluding carboxylic acids is 2. The van der Waals surface area contributed by atoms with Gasteiger partial charge in [-0.2, -0.15) is 0 Å². The van der Waals surface area contributed by atoms with Crippen molar-refractivity contribution in [2.45, 2.75) is 39.7 Å². The van der Waals surface area contributed by atoms with Gasteiger partial charge in [0.2, 0.25) is 11.8 Å². The Bertz CT molecular complexity index is 507. The van der Waals surface area contributed by atoms with Crippen LogP contribution in [0.3, 0.4) is 0 Å². The van der Waals surface area contributed by atoms with Crippen molar-refractivity contribution in [3.05, 3.63) is 29.3 Å². The molecule has 1 aromatic rings. The fraction of sp³-hybridized carbons (Fsp3) is 0.467. The Morgan fingerprint density at radius 1 is 1.32 bits per heavy atom. The number of nitrogens with zero attached hydrogens (tertiary/aromatic N) is 1. The van der Waals surface area contributed by atoms with E-state index in [4.69, 9.17) is 0 Å². The molecule has 0 radical (unpaired) electrons. The minimum absolute atomic E-state index is 0.0291. The maximum absolute atomic E-state index is 12.0. The lowest BCUT2D eigenvalue weighted by Crippen LogP contribution is -2.38. The maximum Gasteiger partial charge on any atom is 0.244 e. The van der Waals surface area contributed by atoms with E-state index in [-0.39, 0.29) is 24.4 Å². The van der Waals surface area contributed by atoms with Crippen molar-refractivity contribution in [1.82, 2.24) is 4.90 Å². The molecule has 19 heavy (non-hydrogen) atoms. The zero-order valence-corrected chi connectivity index (χ0v) is 11.7. The number of aryl methyl sites for hydroxylation is 1. The van der Waals surface area contributed by atoms with Crippen LogP contribution in [0.25, 0.3) is 0 Å². The third-order valence-corrected chi connectivity index (χ3v) is 3.58. The van der Waals surface area contributed by atoms with Gasteiger partial charge in [-0.25, -0.2) is 0 Å². The maximum atomic E-state index is 12.0. The van der Waals surface area contributed by atoms with Crippen molar-refractivity contribution in [3.63, 3.8) is 0 Å². The first kappa shape index (κ1) is 13.6. The highest BCUT2D eigenvalue weighted by Crippen LogP contribution is 2.26. The van der Waals surface area contributed by atoms with Crippen molar-refractivity contribution < 1.29 is 9.59 Å². The van der Waals surface area contributed by atoms with E-state index in [1.54, 1.807) is 4.90 Å². The van der Waals surface area contributed by atoms with Crippen LogP contribution in [0.1, 0.15) is 30.9 Å². The van der Waals surface area contributed by atoms with Crippen molar-refractivity contribution in [2.24, 2.45) is 0 Å². The topological polar surface area (TPSA) is 49.4 Å². The van der Waals surface area contributed by atoms with Crippen LogP contribution >= 0.6 is 0 Å². The van der Waals surface area contributed by atoms with Crippen LogP contribution in [0.2, 0.25) is 0 Å². The van der Waals surface area contributed by atoms with Crippen LogP contribution in [0.5, 0.6) is 0 Å². The summed E-state index contributed by atoms with van der Waals surface area (Å²) < 4.78 is 0. The van der Waals surface area contributed by atoms with Crippen LogP contribution in [-0.2, 0) is 9.59 Å². The monoisotopic (exact) mass is 260 g/mol. The van der Waals surface area contributed by atoms with Crippen LogP contribution in [0, 0.1) is 13.8 Å². The van der Waals surface area contributed by atoms with Crippen LogP contribution in [-0.4, -0.2) is 29.3 Å². The first-order valence-corrected chi connectivity index (χ1v) is 6.62. The number of nitrogens with one attached hydrogen (secondary N) is 1. The smallest absolute Gasteiger partial charge is 0.244 e. The van der Waals surface area contributed by atoms with Crippen molar-refractivity contribution >= 4 is 17.5 Å². The summed E-state index contributed by atoms with van der Waals surface area (Å²) in [6.45, 7) is 5.66. The molecule has 0 unspecified atom stereocenters. The number of anilines is 1. The summed E-state index contributed by atoms with van der Waals surface area (Å²) in [5, 5.41) is 2.89. The highest BCUT2D eigenvalue weighted by atomic mass is 16.2. The Hall–Kier alpha value is -1.84. The van der Waals surface area contributed by atoms with Gasteiger partial charge in [-0.1, -0.05) is 12.1 Å². The molecule has 4 nitrogen and oxygen atoms in total. The predicted molar refractivity (Wildman–Crippen MR) is 75.0 cm³/mol. The van der Waals surface area contributed by atoms with Gasteiger partial charge in [-0.15, -0.1) is 0 Å². The minimum Gasteiger partial charge on any atom is -0.331 e. The van der Waals surface area contributed by atoms with Crippen molar-refractivity contribution in [3.8, 4) is 0 Å². The van der Waals surface area contributed by atoms with E-state index in [0.29, 0.717) is 0 Å². The van der Waals surface area contributed by atoms with Gasteiger partial charge in [0.25, 0.3) is 0 Å². The number of hydrogen-bond acceptors (Lipinski definition) is 2. The van der Waals surface area contributed by atoms with E-state index in [1.807, 2.05) is 32.0 Å². The molecule has 2 amide bonds. The summed E-state index contributed by atoms with van der Waals surface area (Å²) in [6.07, 6.45) is 2.02. The molecule has 0 aliphatic heterocycles. The number of rotatable bonds is 4. The first-order valence-electron chi connectivity index (χ1n) is 6.62. The molecule has 0 aromatic heterocycles. The van der Waals surface area contributed by atoms with E-state index in [1.165, 1.54) is 6.92 Å². The van der Waals surface area contributed by atoms with Crippen LogP contribution in [0.4, 0.5) is 5.69 Å². The lowest BCUT2D eigenvalue weighted by atomic mass is 10.1. The molecular weight excluding hydrogens is 240 g/mol. The second-order valence-corrected chi connectivity index (χ2v) is 5.17. The second kappa shape index (κ2) is 5.43. The minimum atomic E-state index is -0.129. The molecule has 0 spiro atoms. The lowest BCUT2D eigenvalue weighted by Gasteiger charge is -2.20. The average molecular weight is 260 g/mol. The van der Waals surface area contributed by atoms with Crippen LogP contribution in [0.15, 0.2) is 18.2 Å². The molecule has 0 heterocycles. The number of carbonyl (C=O) groups is 2. The Kier molecular flexibility index (Phi) is 3.88. The summed E-state index contributed by atoms with van der Waals surface area (Å²) >= 11 is 0. The molecule has 0 atom stereocenters. The zero-order chi connectivity index (χ0) is 14.0. The number of benzene rings is 1. The Morgan fingerprint density at radius 2 is 2.00 bits per heavy atom. The lowest BCUT2D eigenvalue weighted by molar-refractivity contribution is -0.133. The third kappa shape index (κ3) is 3.34. The van der Waals surface area contributed by atoms with Crippen molar-refractivity contribution in [2.75, 3.05) is 11.9 Å². The fourth-order valence-corrected chi connectivity index (χ4v) is 2.11. The van der Waals surface area contributed by atoms with E-state index >= 15 is 0 Å². The van der Waals surface area contributed by atoms with E-state index in [9.17, 15) is 9.59 Å². The fourth-order valence-electron chi connectivity index (χ4n) is 2.11. The van der Waals surface area contributed by atoms with E-state index in [0.717, 1.165) is 29.7 Å². The molecule has 2 rings (SSSR count). The summed E-state index contributed by atoms with van der Waals surface area (Å²) in [5.41, 5.74) is 3.03. The summed E-state index contributed by atoms with van der Waals surface area (Å²) in [4.78, 5) is 25.2. The van der Waals surface area contributed by atoms with Crippen LogP contribution < -0.4 is 5.32 Å². The van der Waals surface area contributed by atoms with E-state index < -0.39 is 0 Å². The zero-order valence-electron chi connectivity index (χ0n) is 11.7. The molecular formula is C15H20N2O2. The van der Waals surface area contributed by atoms with Crippen molar-refractivity contribution in [1.29, 1.82) is 0 Å². The molecule has 1 N–H and O–H groups in total. The molecule has 1 fully saturated rings. The van der Waals surface area contributed by atoms with E-state index in [2.05, 4.69) is 5.32 Å². The number of amides is 2. The summed E-state index contributed by atoms with van der Waals surface area (Å²) in [5.74, 6) is -0.158. The normalized spacial score (nSPS) is 14.1. The molecule has 1 saturated carbocycles. The molecule has 102 valence electrons. The van der Waals surface area contributed by atoms with Gasteiger partial charge >= 0.3 is 0 Å². The van der Waals surface area contributed by atoms with Gasteiger partial charge in [0.15, 0.2) is 0 Å². The Balaban J connectivity index is 2.00. The predicted octanol–water partition coefficient (Wildman–Crippen LogP) is 2.25.